The Bertz CT molecular complexity index is 432. The molecule has 1 atom stereocenters. The average Bonchev–Trinajstić information content (AvgIpc) is 2.28. The van der Waals surface area contributed by atoms with E-state index in [-0.39, 0.29) is 16.7 Å². The fraction of sp³-hybridized carbons (Fsp3) is 0.647. The van der Waals surface area contributed by atoms with Crippen molar-refractivity contribution in [1.82, 2.24) is 0 Å². The molecule has 1 aromatic carbocycles. The maximum Gasteiger partial charge on any atom is 0.123 e. The summed E-state index contributed by atoms with van der Waals surface area (Å²) in [5.41, 5.74) is 2.56. The second kappa shape index (κ2) is 5.95. The molecule has 0 saturated carbocycles. The highest BCUT2D eigenvalue weighted by Crippen LogP contribution is 2.39. The number of benzene rings is 1. The topological polar surface area (TPSA) is 40.5 Å². The number of phenols is 1. The first-order valence-electron chi connectivity index (χ1n) is 7.07. The van der Waals surface area contributed by atoms with E-state index < -0.39 is 6.10 Å². The number of aliphatic hydroxyl groups is 1. The van der Waals surface area contributed by atoms with Gasteiger partial charge in [-0.2, -0.15) is 0 Å². The van der Waals surface area contributed by atoms with Crippen LogP contribution in [-0.4, -0.2) is 22.2 Å². The Kier molecular flexibility index (Phi) is 5.15. The first kappa shape index (κ1) is 17.3. The van der Waals surface area contributed by atoms with E-state index >= 15 is 0 Å². The molecule has 0 fully saturated rings. The summed E-state index contributed by atoms with van der Waals surface area (Å²) in [4.78, 5) is 0. The third-order valence-corrected chi connectivity index (χ3v) is 3.79. The van der Waals surface area contributed by atoms with Crippen LogP contribution < -0.4 is 0 Å². The molecule has 0 radical (unpaired) electrons. The third kappa shape index (κ3) is 4.13. The molecule has 2 nitrogen and oxygen atoms in total. The summed E-state index contributed by atoms with van der Waals surface area (Å²) in [6.45, 7) is 12.5. The van der Waals surface area contributed by atoms with Crippen LogP contribution in [0.15, 0.2) is 12.1 Å². The van der Waals surface area contributed by atoms with E-state index in [4.69, 9.17) is 11.6 Å². The van der Waals surface area contributed by atoms with Crippen LogP contribution >= 0.6 is 11.6 Å². The fourth-order valence-electron chi connectivity index (χ4n) is 2.28. The highest BCUT2D eigenvalue weighted by atomic mass is 35.5. The van der Waals surface area contributed by atoms with Crippen LogP contribution in [0.25, 0.3) is 0 Å². The Balaban J connectivity index is 3.42. The second-order valence-electron chi connectivity index (χ2n) is 7.55. The van der Waals surface area contributed by atoms with E-state index in [2.05, 4.69) is 41.5 Å². The zero-order valence-electron chi connectivity index (χ0n) is 13.4. The molecule has 0 aliphatic heterocycles. The highest BCUT2D eigenvalue weighted by Gasteiger charge is 2.26. The van der Waals surface area contributed by atoms with Crippen molar-refractivity contribution >= 4 is 11.6 Å². The summed E-state index contributed by atoms with van der Waals surface area (Å²) in [7, 11) is 0. The normalized spacial score (nSPS) is 14.4. The Morgan fingerprint density at radius 2 is 1.40 bits per heavy atom. The molecule has 0 aromatic heterocycles. The van der Waals surface area contributed by atoms with Gasteiger partial charge in [-0.1, -0.05) is 53.7 Å². The van der Waals surface area contributed by atoms with Gasteiger partial charge < -0.3 is 10.2 Å². The predicted molar refractivity (Wildman–Crippen MR) is 85.9 cm³/mol. The lowest BCUT2D eigenvalue weighted by atomic mass is 9.78. The molecule has 0 saturated heterocycles. The first-order chi connectivity index (χ1) is 8.96. The number of aromatic hydroxyl groups is 1. The van der Waals surface area contributed by atoms with Gasteiger partial charge in [-0.3, -0.25) is 0 Å². The molecule has 3 heteroatoms. The third-order valence-electron chi connectivity index (χ3n) is 3.44. The van der Waals surface area contributed by atoms with Crippen molar-refractivity contribution < 1.29 is 10.2 Å². The molecule has 114 valence electrons. The molecule has 0 spiro atoms. The van der Waals surface area contributed by atoms with Gasteiger partial charge in [0.05, 0.1) is 6.10 Å². The molecule has 1 unspecified atom stereocenters. The number of phenolic OH excluding ortho intramolecular Hbond substituents is 1. The van der Waals surface area contributed by atoms with Crippen molar-refractivity contribution in [2.75, 3.05) is 5.88 Å². The maximum atomic E-state index is 10.6. The minimum Gasteiger partial charge on any atom is -0.507 e. The van der Waals surface area contributed by atoms with E-state index in [1.165, 1.54) is 0 Å². The van der Waals surface area contributed by atoms with E-state index in [9.17, 15) is 10.2 Å². The SMILES string of the molecule is CC(C)(C)c1cc(CC(O)CCl)cc(C(C)(C)C)c1O. The molecule has 0 aliphatic rings. The largest absolute Gasteiger partial charge is 0.507 e. The molecule has 2 N–H and O–H groups in total. The molecule has 1 aromatic rings. The van der Waals surface area contributed by atoms with Gasteiger partial charge in [-0.25, -0.2) is 0 Å². The van der Waals surface area contributed by atoms with Crippen LogP contribution in [0.2, 0.25) is 0 Å². The monoisotopic (exact) mass is 298 g/mol. The Hall–Kier alpha value is -0.730. The standard InChI is InChI=1S/C17H27ClO2/c1-16(2,3)13-8-11(7-12(19)10-18)9-14(15(13)20)17(4,5)6/h8-9,12,19-20H,7,10H2,1-6H3. The first-order valence-corrected chi connectivity index (χ1v) is 7.61. The van der Waals surface area contributed by atoms with Gasteiger partial charge in [0.15, 0.2) is 0 Å². The summed E-state index contributed by atoms with van der Waals surface area (Å²) in [5.74, 6) is 0.588. The van der Waals surface area contributed by atoms with Gasteiger partial charge in [0.2, 0.25) is 0 Å². The molecule has 0 aliphatic carbocycles. The van der Waals surface area contributed by atoms with Crippen LogP contribution in [-0.2, 0) is 17.3 Å². The van der Waals surface area contributed by atoms with Crippen molar-refractivity contribution in [2.24, 2.45) is 0 Å². The lowest BCUT2D eigenvalue weighted by Crippen LogP contribution is -2.19. The maximum absolute atomic E-state index is 10.6. The number of aliphatic hydroxyl groups excluding tert-OH is 1. The fourth-order valence-corrected chi connectivity index (χ4v) is 2.39. The molecular weight excluding hydrogens is 272 g/mol. The summed E-state index contributed by atoms with van der Waals surface area (Å²) < 4.78 is 0. The van der Waals surface area contributed by atoms with Crippen LogP contribution in [0.5, 0.6) is 5.75 Å². The van der Waals surface area contributed by atoms with Crippen molar-refractivity contribution in [2.45, 2.75) is 64.9 Å². The van der Waals surface area contributed by atoms with E-state index in [0.717, 1.165) is 16.7 Å². The van der Waals surface area contributed by atoms with E-state index in [0.29, 0.717) is 12.2 Å². The molecule has 0 amide bonds. The highest BCUT2D eigenvalue weighted by molar-refractivity contribution is 6.18. The van der Waals surface area contributed by atoms with Gasteiger partial charge in [-0.15, -0.1) is 11.6 Å². The molecule has 0 bridgehead atoms. The second-order valence-corrected chi connectivity index (χ2v) is 7.86. The van der Waals surface area contributed by atoms with Gasteiger partial charge >= 0.3 is 0 Å². The number of halogens is 1. The van der Waals surface area contributed by atoms with Crippen molar-refractivity contribution in [3.05, 3.63) is 28.8 Å². The predicted octanol–water partition coefficient (Wildman–Crippen LogP) is 4.13. The summed E-state index contributed by atoms with van der Waals surface area (Å²) >= 11 is 5.69. The zero-order valence-corrected chi connectivity index (χ0v) is 14.2. The number of hydrogen-bond acceptors (Lipinski definition) is 2. The minimum absolute atomic E-state index is 0.147. The number of alkyl halides is 1. The molecule has 1 rings (SSSR count). The van der Waals surface area contributed by atoms with E-state index in [1.54, 1.807) is 0 Å². The van der Waals surface area contributed by atoms with Crippen molar-refractivity contribution in [3.63, 3.8) is 0 Å². The number of hydrogen-bond donors (Lipinski definition) is 2. The zero-order chi connectivity index (χ0) is 15.7. The summed E-state index contributed by atoms with van der Waals surface area (Å²) in [6, 6.07) is 3.97. The van der Waals surface area contributed by atoms with Gasteiger partial charge in [0, 0.05) is 5.88 Å². The molecular formula is C17H27ClO2. The summed E-state index contributed by atoms with van der Waals surface area (Å²) in [5, 5.41) is 20.4. The Morgan fingerprint density at radius 1 is 1.00 bits per heavy atom. The van der Waals surface area contributed by atoms with Crippen molar-refractivity contribution in [1.29, 1.82) is 0 Å². The van der Waals surface area contributed by atoms with Gasteiger partial charge in [0.25, 0.3) is 0 Å². The van der Waals surface area contributed by atoms with Crippen LogP contribution in [0.3, 0.4) is 0 Å². The van der Waals surface area contributed by atoms with Crippen molar-refractivity contribution in [3.8, 4) is 5.75 Å². The lowest BCUT2D eigenvalue weighted by molar-refractivity contribution is 0.198. The van der Waals surface area contributed by atoms with Crippen LogP contribution in [0.1, 0.15) is 58.2 Å². The summed E-state index contributed by atoms with van der Waals surface area (Å²) in [6.07, 6.45) is -0.0440. The van der Waals surface area contributed by atoms with Gasteiger partial charge in [0.1, 0.15) is 5.75 Å². The Morgan fingerprint density at radius 3 is 1.70 bits per heavy atom. The lowest BCUT2D eigenvalue weighted by Gasteiger charge is -2.28. The average molecular weight is 299 g/mol. The quantitative estimate of drug-likeness (QED) is 0.824. The van der Waals surface area contributed by atoms with Crippen LogP contribution in [0.4, 0.5) is 0 Å². The number of rotatable bonds is 3. The van der Waals surface area contributed by atoms with Gasteiger partial charge in [-0.05, 0) is 33.9 Å². The smallest absolute Gasteiger partial charge is 0.123 e. The minimum atomic E-state index is -0.554. The van der Waals surface area contributed by atoms with E-state index in [1.807, 2.05) is 12.1 Å². The van der Waals surface area contributed by atoms with Crippen LogP contribution in [0, 0.1) is 0 Å². The molecule has 20 heavy (non-hydrogen) atoms. The molecule has 0 heterocycles. The Labute approximate surface area is 127 Å².